The smallest absolute Gasteiger partial charge is 0.167 e. The van der Waals surface area contributed by atoms with Gasteiger partial charge in [0.15, 0.2) is 5.78 Å². The highest BCUT2D eigenvalue weighted by atomic mass is 19.1. The van der Waals surface area contributed by atoms with Gasteiger partial charge in [-0.2, -0.15) is 0 Å². The Labute approximate surface area is 123 Å². The summed E-state index contributed by atoms with van der Waals surface area (Å²) in [6, 6.07) is 10.9. The molecule has 0 N–H and O–H groups in total. The highest BCUT2D eigenvalue weighted by molar-refractivity contribution is 5.97. The predicted octanol–water partition coefficient (Wildman–Crippen LogP) is 4.73. The molecular formula is C18H18F2O. The fraction of sp³-hybridized carbons (Fsp3) is 0.278. The minimum atomic E-state index is -0.678. The van der Waals surface area contributed by atoms with E-state index in [2.05, 4.69) is 6.92 Å². The number of Topliss-reactive ketones (excluding diaryl/α,β-unsaturated/α-hetero) is 1. The van der Waals surface area contributed by atoms with E-state index in [1.165, 1.54) is 23.8 Å². The molecule has 0 bridgehead atoms. The van der Waals surface area contributed by atoms with Crippen molar-refractivity contribution in [2.75, 3.05) is 0 Å². The molecule has 2 aromatic rings. The average molecular weight is 288 g/mol. The van der Waals surface area contributed by atoms with E-state index in [9.17, 15) is 13.6 Å². The van der Waals surface area contributed by atoms with Crippen molar-refractivity contribution in [3.8, 4) is 0 Å². The topological polar surface area (TPSA) is 17.1 Å². The van der Waals surface area contributed by atoms with Crippen LogP contribution in [0.4, 0.5) is 8.78 Å². The van der Waals surface area contributed by atoms with Crippen molar-refractivity contribution >= 4 is 5.78 Å². The maximum Gasteiger partial charge on any atom is 0.167 e. The van der Waals surface area contributed by atoms with Crippen LogP contribution in [-0.2, 0) is 12.8 Å². The number of halogens is 2. The first-order chi connectivity index (χ1) is 10.1. The fourth-order valence-corrected chi connectivity index (χ4v) is 2.20. The van der Waals surface area contributed by atoms with Gasteiger partial charge in [0.05, 0.1) is 0 Å². The molecule has 0 aliphatic heterocycles. The molecule has 0 amide bonds. The molecule has 0 atom stereocenters. The summed E-state index contributed by atoms with van der Waals surface area (Å²) < 4.78 is 27.1. The molecule has 1 nitrogen and oxygen atoms in total. The molecule has 0 saturated heterocycles. The third kappa shape index (κ3) is 3.97. The Morgan fingerprint density at radius 3 is 2.19 bits per heavy atom. The second-order valence-electron chi connectivity index (χ2n) is 5.10. The van der Waals surface area contributed by atoms with Crippen molar-refractivity contribution in [3.63, 3.8) is 0 Å². The van der Waals surface area contributed by atoms with Crippen LogP contribution < -0.4 is 0 Å². The zero-order valence-corrected chi connectivity index (χ0v) is 12.0. The summed E-state index contributed by atoms with van der Waals surface area (Å²) in [5, 5.41) is 0. The predicted molar refractivity (Wildman–Crippen MR) is 79.4 cm³/mol. The van der Waals surface area contributed by atoms with Crippen LogP contribution in [0.3, 0.4) is 0 Å². The first kappa shape index (κ1) is 15.4. The second-order valence-corrected chi connectivity index (χ2v) is 5.10. The Morgan fingerprint density at radius 2 is 1.62 bits per heavy atom. The van der Waals surface area contributed by atoms with Gasteiger partial charge in [0.1, 0.15) is 11.6 Å². The molecule has 2 aromatic carbocycles. The monoisotopic (exact) mass is 288 g/mol. The summed E-state index contributed by atoms with van der Waals surface area (Å²) in [6.07, 6.45) is 2.95. The Bertz CT molecular complexity index is 597. The second kappa shape index (κ2) is 7.11. The molecular weight excluding hydrogens is 270 g/mol. The molecule has 0 spiro atoms. The van der Waals surface area contributed by atoms with Crippen molar-refractivity contribution in [2.45, 2.75) is 32.6 Å². The van der Waals surface area contributed by atoms with E-state index in [4.69, 9.17) is 0 Å². The van der Waals surface area contributed by atoms with Crippen LogP contribution >= 0.6 is 0 Å². The third-order valence-electron chi connectivity index (χ3n) is 3.49. The number of benzene rings is 2. The number of hydrogen-bond donors (Lipinski definition) is 0. The first-order valence-electron chi connectivity index (χ1n) is 7.17. The normalized spacial score (nSPS) is 10.6. The van der Waals surface area contributed by atoms with E-state index in [1.54, 1.807) is 12.1 Å². The number of carbonyl (C=O) groups excluding carboxylic acids is 1. The Balaban J connectivity index is 2.10. The third-order valence-corrected chi connectivity index (χ3v) is 3.49. The molecule has 0 unspecified atom stereocenters. The number of ketones is 1. The molecule has 2 rings (SSSR count). The maximum absolute atomic E-state index is 13.5. The van der Waals surface area contributed by atoms with Gasteiger partial charge in [-0.15, -0.1) is 0 Å². The standard InChI is InChI=1S/C18H18F2O/c1-2-3-5-13-8-10-14(11-9-13)18(21)12-15-16(19)6-4-7-17(15)20/h4,6-11H,2-3,5,12H2,1H3. The number of aryl methyl sites for hydroxylation is 1. The van der Waals surface area contributed by atoms with Crippen molar-refractivity contribution in [2.24, 2.45) is 0 Å². The summed E-state index contributed by atoms with van der Waals surface area (Å²) in [7, 11) is 0. The lowest BCUT2D eigenvalue weighted by Crippen LogP contribution is -2.07. The molecule has 0 aliphatic rings. The Kier molecular flexibility index (Phi) is 5.20. The molecule has 21 heavy (non-hydrogen) atoms. The largest absolute Gasteiger partial charge is 0.294 e. The molecule has 0 heterocycles. The van der Waals surface area contributed by atoms with Gasteiger partial charge in [0.2, 0.25) is 0 Å². The van der Waals surface area contributed by atoms with E-state index < -0.39 is 11.6 Å². The highest BCUT2D eigenvalue weighted by Gasteiger charge is 2.14. The number of rotatable bonds is 6. The molecule has 0 aliphatic carbocycles. The van der Waals surface area contributed by atoms with Gasteiger partial charge in [-0.1, -0.05) is 43.7 Å². The lowest BCUT2D eigenvalue weighted by molar-refractivity contribution is 0.0990. The van der Waals surface area contributed by atoms with Crippen molar-refractivity contribution < 1.29 is 13.6 Å². The molecule has 3 heteroatoms. The molecule has 0 fully saturated rings. The van der Waals surface area contributed by atoms with Gasteiger partial charge in [-0.05, 0) is 30.5 Å². The van der Waals surface area contributed by atoms with Gasteiger partial charge in [-0.25, -0.2) is 8.78 Å². The maximum atomic E-state index is 13.5. The number of unbranched alkanes of at least 4 members (excludes halogenated alkanes) is 1. The molecule has 110 valence electrons. The Hall–Kier alpha value is -2.03. The van der Waals surface area contributed by atoms with E-state index >= 15 is 0 Å². The summed E-state index contributed by atoms with van der Waals surface area (Å²) in [6.45, 7) is 2.13. The van der Waals surface area contributed by atoms with Crippen LogP contribution in [0.2, 0.25) is 0 Å². The van der Waals surface area contributed by atoms with Gasteiger partial charge in [0.25, 0.3) is 0 Å². The summed E-state index contributed by atoms with van der Waals surface area (Å²) in [5.41, 5.74) is 1.49. The van der Waals surface area contributed by atoms with Gasteiger partial charge < -0.3 is 0 Å². The van der Waals surface area contributed by atoms with Crippen LogP contribution in [0.1, 0.15) is 41.3 Å². The lowest BCUT2D eigenvalue weighted by atomic mass is 10.00. The van der Waals surface area contributed by atoms with Crippen LogP contribution in [0.25, 0.3) is 0 Å². The van der Waals surface area contributed by atoms with Gasteiger partial charge in [-0.3, -0.25) is 4.79 Å². The average Bonchev–Trinajstić information content (AvgIpc) is 2.49. The molecule has 0 aromatic heterocycles. The molecule has 0 radical (unpaired) electrons. The summed E-state index contributed by atoms with van der Waals surface area (Å²) in [4.78, 5) is 12.1. The summed E-state index contributed by atoms with van der Waals surface area (Å²) in [5.74, 6) is -1.63. The minimum absolute atomic E-state index is 0.169. The minimum Gasteiger partial charge on any atom is -0.294 e. The lowest BCUT2D eigenvalue weighted by Gasteiger charge is -2.06. The van der Waals surface area contributed by atoms with Crippen molar-refractivity contribution in [1.29, 1.82) is 0 Å². The van der Waals surface area contributed by atoms with E-state index in [-0.39, 0.29) is 17.8 Å². The summed E-state index contributed by atoms with van der Waals surface area (Å²) >= 11 is 0. The molecule has 0 saturated carbocycles. The quantitative estimate of drug-likeness (QED) is 0.702. The van der Waals surface area contributed by atoms with Gasteiger partial charge in [0, 0.05) is 17.5 Å². The van der Waals surface area contributed by atoms with E-state index in [0.717, 1.165) is 19.3 Å². The van der Waals surface area contributed by atoms with E-state index in [0.29, 0.717) is 5.56 Å². The van der Waals surface area contributed by atoms with Crippen LogP contribution in [0.5, 0.6) is 0 Å². The number of hydrogen-bond acceptors (Lipinski definition) is 1. The fourth-order valence-electron chi connectivity index (χ4n) is 2.20. The zero-order chi connectivity index (χ0) is 15.2. The van der Waals surface area contributed by atoms with Crippen LogP contribution in [-0.4, -0.2) is 5.78 Å². The van der Waals surface area contributed by atoms with Crippen LogP contribution in [0, 0.1) is 11.6 Å². The van der Waals surface area contributed by atoms with Crippen LogP contribution in [0.15, 0.2) is 42.5 Å². The van der Waals surface area contributed by atoms with Crippen molar-refractivity contribution in [3.05, 3.63) is 70.8 Å². The SMILES string of the molecule is CCCCc1ccc(C(=O)Cc2c(F)cccc2F)cc1. The zero-order valence-electron chi connectivity index (χ0n) is 12.0. The highest BCUT2D eigenvalue weighted by Crippen LogP contribution is 2.16. The van der Waals surface area contributed by atoms with Gasteiger partial charge >= 0.3 is 0 Å². The Morgan fingerprint density at radius 1 is 1.00 bits per heavy atom. The van der Waals surface area contributed by atoms with Crippen molar-refractivity contribution in [1.82, 2.24) is 0 Å². The number of carbonyl (C=O) groups is 1. The van der Waals surface area contributed by atoms with E-state index in [1.807, 2.05) is 12.1 Å². The first-order valence-corrected chi connectivity index (χ1v) is 7.17.